The summed E-state index contributed by atoms with van der Waals surface area (Å²) in [6, 6.07) is 6.20. The average molecular weight is 191 g/mol. The van der Waals surface area contributed by atoms with Crippen LogP contribution in [0.1, 0.15) is 12.0 Å². The van der Waals surface area contributed by atoms with Crippen LogP contribution < -0.4 is 5.32 Å². The van der Waals surface area contributed by atoms with E-state index in [0.717, 1.165) is 17.6 Å². The summed E-state index contributed by atoms with van der Waals surface area (Å²) in [4.78, 5) is 11.1. The highest BCUT2D eigenvalue weighted by atomic mass is 19.1. The SMILES string of the molecule is O=C1C=C(c2ccc(F)cc2)CCN1. The molecule has 0 unspecified atom stereocenters. The number of nitrogens with one attached hydrogen (secondary N) is 1. The maximum atomic E-state index is 12.6. The van der Waals surface area contributed by atoms with Gasteiger partial charge in [-0.3, -0.25) is 4.79 Å². The van der Waals surface area contributed by atoms with Gasteiger partial charge in [-0.2, -0.15) is 0 Å². The molecule has 0 atom stereocenters. The fourth-order valence-corrected chi connectivity index (χ4v) is 1.49. The number of amides is 1. The highest BCUT2D eigenvalue weighted by molar-refractivity contribution is 5.96. The minimum absolute atomic E-state index is 0.0735. The molecule has 2 rings (SSSR count). The number of halogens is 1. The second kappa shape index (κ2) is 3.62. The minimum atomic E-state index is -0.255. The molecule has 72 valence electrons. The lowest BCUT2D eigenvalue weighted by atomic mass is 10.0. The van der Waals surface area contributed by atoms with Crippen molar-refractivity contribution in [3.8, 4) is 0 Å². The minimum Gasteiger partial charge on any atom is -0.352 e. The summed E-state index contributed by atoms with van der Waals surface area (Å²) in [5.41, 5.74) is 1.88. The molecule has 1 heterocycles. The van der Waals surface area contributed by atoms with E-state index in [4.69, 9.17) is 0 Å². The summed E-state index contributed by atoms with van der Waals surface area (Å²) in [7, 11) is 0. The van der Waals surface area contributed by atoms with Gasteiger partial charge in [0.15, 0.2) is 0 Å². The van der Waals surface area contributed by atoms with Crippen molar-refractivity contribution >= 4 is 11.5 Å². The van der Waals surface area contributed by atoms with Gasteiger partial charge in [-0.15, -0.1) is 0 Å². The van der Waals surface area contributed by atoms with E-state index in [2.05, 4.69) is 5.32 Å². The van der Waals surface area contributed by atoms with Crippen LogP contribution in [0, 0.1) is 5.82 Å². The van der Waals surface area contributed by atoms with Crippen LogP contribution >= 0.6 is 0 Å². The highest BCUT2D eigenvalue weighted by Crippen LogP contribution is 2.19. The molecule has 1 aliphatic rings. The van der Waals surface area contributed by atoms with E-state index >= 15 is 0 Å². The first-order chi connectivity index (χ1) is 6.75. The molecule has 1 aromatic rings. The van der Waals surface area contributed by atoms with Crippen LogP contribution in [-0.2, 0) is 4.79 Å². The molecule has 1 aliphatic heterocycles. The maximum Gasteiger partial charge on any atom is 0.244 e. The Morgan fingerprint density at radius 2 is 1.93 bits per heavy atom. The Labute approximate surface area is 81.4 Å². The topological polar surface area (TPSA) is 29.1 Å². The smallest absolute Gasteiger partial charge is 0.244 e. The largest absolute Gasteiger partial charge is 0.352 e. The number of benzene rings is 1. The molecule has 1 aromatic carbocycles. The lowest BCUT2D eigenvalue weighted by molar-refractivity contribution is -0.116. The fraction of sp³-hybridized carbons (Fsp3) is 0.182. The molecule has 3 heteroatoms. The van der Waals surface area contributed by atoms with Gasteiger partial charge in [0.25, 0.3) is 0 Å². The molecule has 0 fully saturated rings. The second-order valence-corrected chi connectivity index (χ2v) is 3.22. The predicted octanol–water partition coefficient (Wildman–Crippen LogP) is 1.73. The fourth-order valence-electron chi connectivity index (χ4n) is 1.49. The summed E-state index contributed by atoms with van der Waals surface area (Å²) in [5, 5.41) is 2.70. The summed E-state index contributed by atoms with van der Waals surface area (Å²) < 4.78 is 12.6. The molecule has 1 amide bonds. The van der Waals surface area contributed by atoms with Gasteiger partial charge in [0, 0.05) is 12.6 Å². The van der Waals surface area contributed by atoms with Crippen molar-refractivity contribution in [3.63, 3.8) is 0 Å². The van der Waals surface area contributed by atoms with E-state index in [1.807, 2.05) is 0 Å². The molecule has 0 aromatic heterocycles. The molecule has 0 bridgehead atoms. The van der Waals surface area contributed by atoms with E-state index < -0.39 is 0 Å². The van der Waals surface area contributed by atoms with Crippen molar-refractivity contribution in [3.05, 3.63) is 41.7 Å². The zero-order chi connectivity index (χ0) is 9.97. The van der Waals surface area contributed by atoms with Gasteiger partial charge in [-0.25, -0.2) is 4.39 Å². The van der Waals surface area contributed by atoms with Crippen LogP contribution in [0.3, 0.4) is 0 Å². The number of hydrogen-bond acceptors (Lipinski definition) is 1. The average Bonchev–Trinajstić information content (AvgIpc) is 2.19. The van der Waals surface area contributed by atoms with Crippen LogP contribution in [0.15, 0.2) is 30.3 Å². The van der Waals surface area contributed by atoms with Crippen LogP contribution in [-0.4, -0.2) is 12.5 Å². The molecule has 2 nitrogen and oxygen atoms in total. The highest BCUT2D eigenvalue weighted by Gasteiger charge is 2.10. The van der Waals surface area contributed by atoms with Gasteiger partial charge in [-0.1, -0.05) is 12.1 Å². The Morgan fingerprint density at radius 3 is 2.57 bits per heavy atom. The zero-order valence-electron chi connectivity index (χ0n) is 7.59. The van der Waals surface area contributed by atoms with Crippen molar-refractivity contribution in [2.45, 2.75) is 6.42 Å². The van der Waals surface area contributed by atoms with Gasteiger partial charge in [0.2, 0.25) is 5.91 Å². The molecule has 0 radical (unpaired) electrons. The summed E-state index contributed by atoms with van der Waals surface area (Å²) in [6.45, 7) is 0.655. The third-order valence-electron chi connectivity index (χ3n) is 2.21. The Morgan fingerprint density at radius 1 is 1.21 bits per heavy atom. The van der Waals surface area contributed by atoms with Gasteiger partial charge in [0.05, 0.1) is 0 Å². The summed E-state index contributed by atoms with van der Waals surface area (Å²) in [5.74, 6) is -0.329. The Bertz CT molecular complexity index is 381. The second-order valence-electron chi connectivity index (χ2n) is 3.22. The third-order valence-corrected chi connectivity index (χ3v) is 2.21. The predicted molar refractivity (Wildman–Crippen MR) is 52.0 cm³/mol. The molecule has 0 aliphatic carbocycles. The summed E-state index contributed by atoms with van der Waals surface area (Å²) >= 11 is 0. The van der Waals surface area contributed by atoms with Crippen molar-refractivity contribution in [2.24, 2.45) is 0 Å². The molecule has 0 spiro atoms. The van der Waals surface area contributed by atoms with E-state index in [0.29, 0.717) is 6.54 Å². The van der Waals surface area contributed by atoms with Crippen LogP contribution in [0.2, 0.25) is 0 Å². The Balaban J connectivity index is 2.30. The number of hydrogen-bond donors (Lipinski definition) is 1. The third kappa shape index (κ3) is 1.82. The molecule has 0 saturated carbocycles. The number of rotatable bonds is 1. The van der Waals surface area contributed by atoms with Crippen molar-refractivity contribution in [1.82, 2.24) is 5.32 Å². The van der Waals surface area contributed by atoms with Gasteiger partial charge in [0.1, 0.15) is 5.82 Å². The molecule has 14 heavy (non-hydrogen) atoms. The van der Waals surface area contributed by atoms with Crippen LogP contribution in [0.25, 0.3) is 5.57 Å². The van der Waals surface area contributed by atoms with Crippen molar-refractivity contribution < 1.29 is 9.18 Å². The van der Waals surface area contributed by atoms with Crippen LogP contribution in [0.4, 0.5) is 4.39 Å². The Kier molecular flexibility index (Phi) is 2.31. The maximum absolute atomic E-state index is 12.6. The van der Waals surface area contributed by atoms with Gasteiger partial charge >= 0.3 is 0 Å². The molecule has 0 saturated heterocycles. The van der Waals surface area contributed by atoms with E-state index in [-0.39, 0.29) is 11.7 Å². The van der Waals surface area contributed by atoms with E-state index in [1.165, 1.54) is 12.1 Å². The number of carbonyl (C=O) groups is 1. The first-order valence-electron chi connectivity index (χ1n) is 4.50. The lowest BCUT2D eigenvalue weighted by Gasteiger charge is -2.13. The van der Waals surface area contributed by atoms with E-state index in [9.17, 15) is 9.18 Å². The quantitative estimate of drug-likeness (QED) is 0.719. The van der Waals surface area contributed by atoms with Gasteiger partial charge in [-0.05, 0) is 29.7 Å². The van der Waals surface area contributed by atoms with Crippen molar-refractivity contribution in [1.29, 1.82) is 0 Å². The normalized spacial score (nSPS) is 16.1. The first-order valence-corrected chi connectivity index (χ1v) is 4.50. The van der Waals surface area contributed by atoms with Crippen LogP contribution in [0.5, 0.6) is 0 Å². The molecule has 1 N–H and O–H groups in total. The first kappa shape index (κ1) is 8.94. The zero-order valence-corrected chi connectivity index (χ0v) is 7.59. The molecular weight excluding hydrogens is 181 g/mol. The molecular formula is C11H10FNO. The van der Waals surface area contributed by atoms with Gasteiger partial charge < -0.3 is 5.32 Å². The standard InChI is InChI=1S/C11H10FNO/c12-10-3-1-8(2-4-10)9-5-6-13-11(14)7-9/h1-4,7H,5-6H2,(H,13,14). The van der Waals surface area contributed by atoms with E-state index in [1.54, 1.807) is 18.2 Å². The monoisotopic (exact) mass is 191 g/mol. The Hall–Kier alpha value is -1.64. The number of carbonyl (C=O) groups excluding carboxylic acids is 1. The lowest BCUT2D eigenvalue weighted by Crippen LogP contribution is -2.26. The van der Waals surface area contributed by atoms with Crippen molar-refractivity contribution in [2.75, 3.05) is 6.54 Å². The summed E-state index contributed by atoms with van der Waals surface area (Å²) in [6.07, 6.45) is 2.37.